The molecule has 0 aromatic heterocycles. The second-order valence-corrected chi connectivity index (χ2v) is 12.0. The number of nitrogens with one attached hydrogen (secondary N) is 3. The number of ether oxygens (including phenoxy) is 2. The molecule has 0 bridgehead atoms. The number of carbonyl (C=O) groups excluding carboxylic acids is 1. The topological polar surface area (TPSA) is 71.6 Å². The average molecular weight is 612 g/mol. The molecule has 2 saturated heterocycles. The van der Waals surface area contributed by atoms with E-state index in [0.717, 1.165) is 49.2 Å². The number of carbonyl (C=O) groups is 1. The van der Waals surface area contributed by atoms with Crippen molar-refractivity contribution in [3.05, 3.63) is 77.6 Å². The van der Waals surface area contributed by atoms with Gasteiger partial charge in [-0.3, -0.25) is 4.79 Å². The Balaban J connectivity index is 1.24. The number of hydrogen-bond donors (Lipinski definition) is 3. The summed E-state index contributed by atoms with van der Waals surface area (Å²) in [4.78, 5) is 13.5. The van der Waals surface area contributed by atoms with Gasteiger partial charge in [-0.05, 0) is 117 Å². The summed E-state index contributed by atoms with van der Waals surface area (Å²) in [5.41, 5.74) is 3.20. The summed E-state index contributed by atoms with van der Waals surface area (Å²) >= 11 is 0. The van der Waals surface area contributed by atoms with Crippen LogP contribution in [0.5, 0.6) is 11.5 Å². The SMILES string of the molecule is O=C(Nc1ccc(O[C@H]2CCNC2)c(-c2ccc(F)cc2)c1)c1ccc(O[C@H]2CCNC2)c(C2CCC(C(F)(F)F)CC2)c1. The van der Waals surface area contributed by atoms with Crippen LogP contribution < -0.4 is 25.4 Å². The predicted molar refractivity (Wildman–Crippen MR) is 161 cm³/mol. The minimum atomic E-state index is -4.19. The first-order valence-electron chi connectivity index (χ1n) is 15.4. The molecule has 1 saturated carbocycles. The average Bonchev–Trinajstić information content (AvgIpc) is 3.73. The zero-order valence-electron chi connectivity index (χ0n) is 24.4. The molecule has 6 rings (SSSR count). The van der Waals surface area contributed by atoms with E-state index in [1.54, 1.807) is 36.4 Å². The van der Waals surface area contributed by atoms with E-state index < -0.39 is 12.1 Å². The molecule has 2 aliphatic heterocycles. The number of amides is 1. The van der Waals surface area contributed by atoms with Gasteiger partial charge in [-0.15, -0.1) is 0 Å². The minimum absolute atomic E-state index is 0.0139. The highest BCUT2D eigenvalue weighted by molar-refractivity contribution is 6.05. The largest absolute Gasteiger partial charge is 0.489 e. The number of hydrogen-bond acceptors (Lipinski definition) is 5. The summed E-state index contributed by atoms with van der Waals surface area (Å²) in [5.74, 6) is -0.837. The summed E-state index contributed by atoms with van der Waals surface area (Å²) in [6.45, 7) is 3.16. The fourth-order valence-electron chi connectivity index (χ4n) is 6.43. The molecule has 3 aromatic rings. The van der Waals surface area contributed by atoms with E-state index in [-0.39, 0.29) is 42.7 Å². The molecule has 0 unspecified atom stereocenters. The van der Waals surface area contributed by atoms with Gasteiger partial charge in [0.2, 0.25) is 0 Å². The van der Waals surface area contributed by atoms with Gasteiger partial charge in [0, 0.05) is 29.9 Å². The first-order chi connectivity index (χ1) is 21.2. The highest BCUT2D eigenvalue weighted by Gasteiger charge is 2.42. The molecule has 44 heavy (non-hydrogen) atoms. The minimum Gasteiger partial charge on any atom is -0.489 e. The highest BCUT2D eigenvalue weighted by Crippen LogP contribution is 2.45. The Kier molecular flexibility index (Phi) is 9.09. The van der Waals surface area contributed by atoms with Crippen LogP contribution in [0.1, 0.15) is 60.4 Å². The number of halogens is 4. The molecule has 10 heteroatoms. The van der Waals surface area contributed by atoms with Crippen LogP contribution >= 0.6 is 0 Å². The van der Waals surface area contributed by atoms with Crippen LogP contribution in [-0.4, -0.2) is 50.5 Å². The Hall–Kier alpha value is -3.63. The molecule has 1 amide bonds. The quantitative estimate of drug-likeness (QED) is 0.238. The van der Waals surface area contributed by atoms with Gasteiger partial charge in [0.15, 0.2) is 0 Å². The van der Waals surface area contributed by atoms with Gasteiger partial charge in [-0.2, -0.15) is 13.2 Å². The monoisotopic (exact) mass is 611 g/mol. The Morgan fingerprint density at radius 2 is 1.41 bits per heavy atom. The van der Waals surface area contributed by atoms with Crippen molar-refractivity contribution in [1.29, 1.82) is 0 Å². The van der Waals surface area contributed by atoms with Gasteiger partial charge in [0.05, 0.1) is 5.92 Å². The van der Waals surface area contributed by atoms with E-state index in [1.807, 2.05) is 12.1 Å². The van der Waals surface area contributed by atoms with Crippen LogP contribution in [-0.2, 0) is 0 Å². The van der Waals surface area contributed by atoms with Crippen molar-refractivity contribution < 1.29 is 31.8 Å². The number of alkyl halides is 3. The number of anilines is 1. The summed E-state index contributed by atoms with van der Waals surface area (Å²) in [6.07, 6.45) is -1.59. The Morgan fingerprint density at radius 1 is 0.773 bits per heavy atom. The van der Waals surface area contributed by atoms with Crippen molar-refractivity contribution in [1.82, 2.24) is 10.6 Å². The normalized spacial score (nSPS) is 23.8. The molecule has 0 radical (unpaired) electrons. The van der Waals surface area contributed by atoms with Crippen molar-refractivity contribution >= 4 is 11.6 Å². The Morgan fingerprint density at radius 3 is 2.02 bits per heavy atom. The molecule has 3 aliphatic rings. The molecule has 3 N–H and O–H groups in total. The van der Waals surface area contributed by atoms with Crippen molar-refractivity contribution in [2.24, 2.45) is 5.92 Å². The lowest BCUT2D eigenvalue weighted by molar-refractivity contribution is -0.182. The lowest BCUT2D eigenvalue weighted by atomic mass is 9.78. The van der Waals surface area contributed by atoms with Gasteiger partial charge < -0.3 is 25.4 Å². The maximum atomic E-state index is 13.7. The molecule has 234 valence electrons. The molecule has 3 fully saturated rings. The molecule has 1 aliphatic carbocycles. The molecule has 2 heterocycles. The molecular weight excluding hydrogens is 574 g/mol. The lowest BCUT2D eigenvalue weighted by Gasteiger charge is -2.31. The van der Waals surface area contributed by atoms with E-state index in [1.165, 1.54) is 12.1 Å². The summed E-state index contributed by atoms with van der Waals surface area (Å²) in [7, 11) is 0. The second-order valence-electron chi connectivity index (χ2n) is 12.0. The number of benzene rings is 3. The van der Waals surface area contributed by atoms with Crippen molar-refractivity contribution in [3.8, 4) is 22.6 Å². The van der Waals surface area contributed by atoms with Gasteiger partial charge in [-0.25, -0.2) is 4.39 Å². The summed E-state index contributed by atoms with van der Waals surface area (Å²) in [6, 6.07) is 16.8. The fourth-order valence-corrected chi connectivity index (χ4v) is 6.43. The van der Waals surface area contributed by atoms with Gasteiger partial charge in [0.1, 0.15) is 29.5 Å². The molecular formula is C34H37F4N3O3. The first kappa shape index (κ1) is 30.4. The lowest BCUT2D eigenvalue weighted by Crippen LogP contribution is -2.27. The molecule has 2 atom stereocenters. The first-order valence-corrected chi connectivity index (χ1v) is 15.4. The maximum Gasteiger partial charge on any atom is 0.391 e. The zero-order valence-corrected chi connectivity index (χ0v) is 24.4. The third kappa shape index (κ3) is 7.18. The van der Waals surface area contributed by atoms with Crippen LogP contribution in [0.3, 0.4) is 0 Å². The molecule has 0 spiro atoms. The van der Waals surface area contributed by atoms with Crippen molar-refractivity contribution in [3.63, 3.8) is 0 Å². The van der Waals surface area contributed by atoms with Crippen LogP contribution in [0.2, 0.25) is 0 Å². The van der Waals surface area contributed by atoms with Crippen LogP contribution in [0.4, 0.5) is 23.2 Å². The molecule has 6 nitrogen and oxygen atoms in total. The third-order valence-electron chi connectivity index (χ3n) is 8.91. The van der Waals surface area contributed by atoms with Crippen molar-refractivity contribution in [2.75, 3.05) is 31.5 Å². The zero-order chi connectivity index (χ0) is 30.7. The van der Waals surface area contributed by atoms with Gasteiger partial charge >= 0.3 is 6.18 Å². The van der Waals surface area contributed by atoms with Crippen LogP contribution in [0.25, 0.3) is 11.1 Å². The second kappa shape index (κ2) is 13.2. The summed E-state index contributed by atoms with van der Waals surface area (Å²) in [5, 5.41) is 9.52. The van der Waals surface area contributed by atoms with Gasteiger partial charge in [-0.1, -0.05) is 12.1 Å². The van der Waals surface area contributed by atoms with Crippen LogP contribution in [0.15, 0.2) is 60.7 Å². The Labute approximate surface area is 254 Å². The third-order valence-corrected chi connectivity index (χ3v) is 8.91. The molecule has 3 aromatic carbocycles. The standard InChI is InChI=1S/C34H37F4N3O3/c35-25-8-3-22(4-9-25)30-18-26(10-12-32(30)44-28-14-16-40-20-28)41-33(42)23-5-11-31(43-27-13-15-39-19-27)29(17-23)21-1-6-24(7-2-21)34(36,37)38/h3-5,8-12,17-18,21,24,27-28,39-40H,1-2,6-7,13-16,19-20H2,(H,41,42)/t21?,24?,27-,28-/m0/s1. The van der Waals surface area contributed by atoms with Crippen molar-refractivity contribution in [2.45, 2.75) is 62.8 Å². The van der Waals surface area contributed by atoms with E-state index >= 15 is 0 Å². The van der Waals surface area contributed by atoms with E-state index in [2.05, 4.69) is 16.0 Å². The van der Waals surface area contributed by atoms with Gasteiger partial charge in [0.25, 0.3) is 5.91 Å². The number of rotatable bonds is 8. The van der Waals surface area contributed by atoms with E-state index in [0.29, 0.717) is 42.1 Å². The Bertz CT molecular complexity index is 1440. The van der Waals surface area contributed by atoms with E-state index in [9.17, 15) is 22.4 Å². The highest BCUT2D eigenvalue weighted by atomic mass is 19.4. The summed E-state index contributed by atoms with van der Waals surface area (Å²) < 4.78 is 66.3. The van der Waals surface area contributed by atoms with Crippen LogP contribution in [0, 0.1) is 11.7 Å². The van der Waals surface area contributed by atoms with E-state index in [4.69, 9.17) is 9.47 Å². The maximum absolute atomic E-state index is 13.7. The smallest absolute Gasteiger partial charge is 0.391 e. The fraction of sp³-hybridized carbons (Fsp3) is 0.441. The predicted octanol–water partition coefficient (Wildman–Crippen LogP) is 7.06.